The molecule has 0 amide bonds. The second-order valence-electron chi connectivity index (χ2n) is 5.59. The van der Waals surface area contributed by atoms with Gasteiger partial charge in [0.25, 0.3) is 0 Å². The van der Waals surface area contributed by atoms with Crippen LogP contribution in [-0.4, -0.2) is 21.9 Å². The lowest BCUT2D eigenvalue weighted by atomic mass is 9.98. The van der Waals surface area contributed by atoms with Gasteiger partial charge in [-0.3, -0.25) is 20.2 Å². The molecule has 2 rings (SSSR count). The van der Waals surface area contributed by atoms with Crippen LogP contribution < -0.4 is 0 Å². The van der Waals surface area contributed by atoms with E-state index in [1.807, 2.05) is 0 Å². The maximum absolute atomic E-state index is 12.2. The molecular formula is C15H18N2O6. The Balaban J connectivity index is 2.13. The Kier molecular flexibility index (Phi) is 5.61. The summed E-state index contributed by atoms with van der Waals surface area (Å²) in [5.74, 6) is -0.673. The molecule has 0 spiro atoms. The highest BCUT2D eigenvalue weighted by Gasteiger charge is 2.27. The number of nitro groups is 2. The van der Waals surface area contributed by atoms with Crippen LogP contribution in [0.5, 0.6) is 0 Å². The summed E-state index contributed by atoms with van der Waals surface area (Å²) >= 11 is 0. The van der Waals surface area contributed by atoms with Gasteiger partial charge in [0.1, 0.15) is 6.10 Å². The van der Waals surface area contributed by atoms with Gasteiger partial charge in [-0.25, -0.2) is 4.79 Å². The van der Waals surface area contributed by atoms with Crippen molar-refractivity contribution in [1.29, 1.82) is 0 Å². The Labute approximate surface area is 132 Å². The molecule has 1 aromatic rings. The van der Waals surface area contributed by atoms with Gasteiger partial charge in [0.2, 0.25) is 0 Å². The predicted octanol–water partition coefficient (Wildman–Crippen LogP) is 3.77. The lowest BCUT2D eigenvalue weighted by Crippen LogP contribution is -2.19. The van der Waals surface area contributed by atoms with Crippen LogP contribution in [-0.2, 0) is 4.74 Å². The number of carbonyl (C=O) groups is 1. The number of rotatable bonds is 4. The first kappa shape index (κ1) is 16.9. The van der Waals surface area contributed by atoms with Crippen LogP contribution in [0.25, 0.3) is 0 Å². The van der Waals surface area contributed by atoms with Crippen LogP contribution in [0.15, 0.2) is 18.2 Å². The molecule has 1 aromatic carbocycles. The van der Waals surface area contributed by atoms with Gasteiger partial charge >= 0.3 is 17.3 Å². The van der Waals surface area contributed by atoms with Crippen LogP contribution in [0.2, 0.25) is 0 Å². The van der Waals surface area contributed by atoms with Crippen molar-refractivity contribution in [3.63, 3.8) is 0 Å². The Morgan fingerprint density at radius 2 is 1.52 bits per heavy atom. The molecular weight excluding hydrogens is 304 g/mol. The summed E-state index contributed by atoms with van der Waals surface area (Å²) in [5, 5.41) is 21.7. The van der Waals surface area contributed by atoms with Crippen molar-refractivity contribution in [3.05, 3.63) is 44.0 Å². The number of nitrogens with zero attached hydrogens (tertiary/aromatic N) is 2. The van der Waals surface area contributed by atoms with E-state index in [0.717, 1.165) is 50.7 Å². The molecule has 23 heavy (non-hydrogen) atoms. The van der Waals surface area contributed by atoms with Gasteiger partial charge in [-0.15, -0.1) is 0 Å². The van der Waals surface area contributed by atoms with Crippen molar-refractivity contribution < 1.29 is 19.4 Å². The van der Waals surface area contributed by atoms with Gasteiger partial charge in [0.15, 0.2) is 0 Å². The number of ether oxygens (including phenoxy) is 1. The zero-order chi connectivity index (χ0) is 16.8. The second-order valence-corrected chi connectivity index (χ2v) is 5.59. The monoisotopic (exact) mass is 322 g/mol. The maximum atomic E-state index is 12.2. The number of nitro benzene ring substituents is 2. The van der Waals surface area contributed by atoms with Crippen molar-refractivity contribution in [2.75, 3.05) is 0 Å². The third-order valence-corrected chi connectivity index (χ3v) is 3.93. The van der Waals surface area contributed by atoms with Crippen LogP contribution in [0.1, 0.15) is 55.3 Å². The molecule has 0 bridgehead atoms. The van der Waals surface area contributed by atoms with E-state index in [4.69, 9.17) is 4.74 Å². The van der Waals surface area contributed by atoms with Gasteiger partial charge in [0.05, 0.1) is 15.4 Å². The van der Waals surface area contributed by atoms with E-state index in [9.17, 15) is 25.0 Å². The fraction of sp³-hybridized carbons (Fsp3) is 0.533. The van der Waals surface area contributed by atoms with Gasteiger partial charge < -0.3 is 4.74 Å². The summed E-state index contributed by atoms with van der Waals surface area (Å²) in [5.41, 5.74) is -1.39. The van der Waals surface area contributed by atoms with Crippen LogP contribution >= 0.6 is 0 Å². The summed E-state index contributed by atoms with van der Waals surface area (Å²) in [6.07, 6.45) is 6.74. The van der Waals surface area contributed by atoms with Crippen molar-refractivity contribution in [2.45, 2.75) is 51.0 Å². The Bertz CT molecular complexity index is 608. The molecule has 8 nitrogen and oxygen atoms in total. The highest BCUT2D eigenvalue weighted by atomic mass is 16.6. The SMILES string of the molecule is O=C(OC1CCCCCCC1)c1ccc([N+](=O)[O-])c([N+](=O)[O-])c1. The summed E-state index contributed by atoms with van der Waals surface area (Å²) in [4.78, 5) is 32.1. The lowest BCUT2D eigenvalue weighted by molar-refractivity contribution is -0.422. The average Bonchev–Trinajstić information content (AvgIpc) is 2.48. The van der Waals surface area contributed by atoms with Crippen molar-refractivity contribution in [3.8, 4) is 0 Å². The fourth-order valence-corrected chi connectivity index (χ4v) is 2.71. The fourth-order valence-electron chi connectivity index (χ4n) is 2.71. The number of carbonyl (C=O) groups excluding carboxylic acids is 1. The molecule has 0 aromatic heterocycles. The summed E-state index contributed by atoms with van der Waals surface area (Å²) in [6, 6.07) is 3.06. The summed E-state index contributed by atoms with van der Waals surface area (Å²) in [7, 11) is 0. The minimum absolute atomic E-state index is 0.0376. The smallest absolute Gasteiger partial charge is 0.346 e. The topological polar surface area (TPSA) is 113 Å². The molecule has 1 aliphatic carbocycles. The van der Waals surface area contributed by atoms with Crippen molar-refractivity contribution >= 4 is 17.3 Å². The van der Waals surface area contributed by atoms with E-state index < -0.39 is 27.2 Å². The molecule has 8 heteroatoms. The lowest BCUT2D eigenvalue weighted by Gasteiger charge is -2.20. The minimum atomic E-state index is -0.870. The van der Waals surface area contributed by atoms with E-state index in [1.54, 1.807) is 0 Å². The van der Waals surface area contributed by atoms with Gasteiger partial charge in [-0.2, -0.15) is 0 Å². The molecule has 0 heterocycles. The molecule has 124 valence electrons. The third kappa shape index (κ3) is 4.48. The van der Waals surface area contributed by atoms with E-state index in [2.05, 4.69) is 0 Å². The first-order valence-corrected chi connectivity index (χ1v) is 7.63. The highest BCUT2D eigenvalue weighted by Crippen LogP contribution is 2.28. The standard InChI is InChI=1S/C15H18N2O6/c18-15(23-12-6-4-2-1-3-5-7-12)11-8-9-13(16(19)20)14(10-11)17(21)22/h8-10,12H,1-7H2. The predicted molar refractivity (Wildman–Crippen MR) is 81.3 cm³/mol. The zero-order valence-electron chi connectivity index (χ0n) is 12.6. The third-order valence-electron chi connectivity index (χ3n) is 3.93. The Morgan fingerprint density at radius 1 is 0.957 bits per heavy atom. The Morgan fingerprint density at radius 3 is 2.09 bits per heavy atom. The number of esters is 1. The molecule has 0 saturated heterocycles. The summed E-state index contributed by atoms with van der Waals surface area (Å²) in [6.45, 7) is 0. The van der Waals surface area contributed by atoms with Crippen molar-refractivity contribution in [1.82, 2.24) is 0 Å². The second kappa shape index (κ2) is 7.66. The van der Waals surface area contributed by atoms with Gasteiger partial charge in [0, 0.05) is 12.1 Å². The average molecular weight is 322 g/mol. The molecule has 0 unspecified atom stereocenters. The zero-order valence-corrected chi connectivity index (χ0v) is 12.6. The van der Waals surface area contributed by atoms with E-state index in [0.29, 0.717) is 0 Å². The summed E-state index contributed by atoms with van der Waals surface area (Å²) < 4.78 is 5.42. The molecule has 0 radical (unpaired) electrons. The van der Waals surface area contributed by atoms with Crippen LogP contribution in [0.4, 0.5) is 11.4 Å². The number of benzene rings is 1. The molecule has 1 aliphatic rings. The van der Waals surface area contributed by atoms with Crippen LogP contribution in [0.3, 0.4) is 0 Å². The molecule has 0 aliphatic heterocycles. The Hall–Kier alpha value is -2.51. The molecule has 0 N–H and O–H groups in total. The van der Waals surface area contributed by atoms with Crippen molar-refractivity contribution in [2.24, 2.45) is 0 Å². The van der Waals surface area contributed by atoms with Gasteiger partial charge in [-0.05, 0) is 31.7 Å². The number of hydrogen-bond donors (Lipinski definition) is 0. The van der Waals surface area contributed by atoms with Crippen LogP contribution in [0, 0.1) is 20.2 Å². The first-order valence-electron chi connectivity index (χ1n) is 7.63. The molecule has 0 atom stereocenters. The largest absolute Gasteiger partial charge is 0.459 e. The minimum Gasteiger partial charge on any atom is -0.459 e. The molecule has 1 fully saturated rings. The number of hydrogen-bond acceptors (Lipinski definition) is 6. The normalized spacial score (nSPS) is 16.2. The maximum Gasteiger partial charge on any atom is 0.346 e. The van der Waals surface area contributed by atoms with Gasteiger partial charge in [-0.1, -0.05) is 19.3 Å². The van der Waals surface area contributed by atoms with E-state index >= 15 is 0 Å². The molecule has 1 saturated carbocycles. The quantitative estimate of drug-likeness (QED) is 0.473. The first-order chi connectivity index (χ1) is 11.0. The van der Waals surface area contributed by atoms with E-state index in [-0.39, 0.29) is 11.7 Å². The van der Waals surface area contributed by atoms with E-state index in [1.165, 1.54) is 12.5 Å². The highest BCUT2D eigenvalue weighted by molar-refractivity contribution is 5.91.